The summed E-state index contributed by atoms with van der Waals surface area (Å²) in [7, 11) is 1.83. The van der Waals surface area contributed by atoms with E-state index in [1.54, 1.807) is 23.1 Å². The Morgan fingerprint density at radius 3 is 3.00 bits per heavy atom. The van der Waals surface area contributed by atoms with E-state index in [2.05, 4.69) is 15.2 Å². The molecular weight excluding hydrogens is 274 g/mol. The third-order valence-corrected chi connectivity index (χ3v) is 3.58. The maximum absolute atomic E-state index is 8.66. The van der Waals surface area contributed by atoms with Crippen LogP contribution in [-0.2, 0) is 7.05 Å². The SMILES string of the molecule is Cn1cc(Sc2nccc(/C(N)=N/O)c2Cl)cn1. The van der Waals surface area contributed by atoms with Crippen molar-refractivity contribution in [2.45, 2.75) is 9.92 Å². The summed E-state index contributed by atoms with van der Waals surface area (Å²) >= 11 is 7.52. The van der Waals surface area contributed by atoms with Gasteiger partial charge < -0.3 is 10.9 Å². The lowest BCUT2D eigenvalue weighted by Crippen LogP contribution is -2.14. The molecule has 0 aliphatic rings. The van der Waals surface area contributed by atoms with Crippen LogP contribution in [0.3, 0.4) is 0 Å². The van der Waals surface area contributed by atoms with Gasteiger partial charge in [0.05, 0.1) is 16.1 Å². The van der Waals surface area contributed by atoms with Gasteiger partial charge in [-0.25, -0.2) is 4.98 Å². The number of rotatable bonds is 3. The van der Waals surface area contributed by atoms with Crippen molar-refractivity contribution in [2.24, 2.45) is 17.9 Å². The molecule has 0 unspecified atom stereocenters. The van der Waals surface area contributed by atoms with Gasteiger partial charge in [-0.05, 0) is 6.07 Å². The van der Waals surface area contributed by atoms with Gasteiger partial charge in [0.1, 0.15) is 5.03 Å². The first-order valence-corrected chi connectivity index (χ1v) is 6.10. The highest BCUT2D eigenvalue weighted by Crippen LogP contribution is 2.32. The van der Waals surface area contributed by atoms with Crippen molar-refractivity contribution in [3.05, 3.63) is 35.2 Å². The Kier molecular flexibility index (Phi) is 3.73. The number of hydrogen-bond acceptors (Lipinski definition) is 5. The fourth-order valence-corrected chi connectivity index (χ4v) is 2.48. The Hall–Kier alpha value is -1.73. The second kappa shape index (κ2) is 5.28. The molecule has 0 amide bonds. The molecule has 0 aromatic carbocycles. The molecule has 2 aromatic heterocycles. The minimum atomic E-state index is -0.0459. The topological polar surface area (TPSA) is 89.3 Å². The molecule has 3 N–H and O–H groups in total. The number of aromatic nitrogens is 3. The first kappa shape index (κ1) is 12.7. The van der Waals surface area contributed by atoms with Crippen LogP contribution in [-0.4, -0.2) is 25.8 Å². The van der Waals surface area contributed by atoms with E-state index in [0.29, 0.717) is 15.6 Å². The van der Waals surface area contributed by atoms with Crippen molar-refractivity contribution in [1.82, 2.24) is 14.8 Å². The third kappa shape index (κ3) is 2.57. The van der Waals surface area contributed by atoms with Gasteiger partial charge in [0.2, 0.25) is 0 Å². The molecule has 0 saturated carbocycles. The Morgan fingerprint density at radius 1 is 1.61 bits per heavy atom. The summed E-state index contributed by atoms with van der Waals surface area (Å²) in [5.41, 5.74) is 5.97. The van der Waals surface area contributed by atoms with E-state index in [1.807, 2.05) is 13.2 Å². The highest BCUT2D eigenvalue weighted by molar-refractivity contribution is 7.99. The lowest BCUT2D eigenvalue weighted by atomic mass is 10.2. The van der Waals surface area contributed by atoms with E-state index in [1.165, 1.54) is 11.8 Å². The van der Waals surface area contributed by atoms with Gasteiger partial charge in [-0.1, -0.05) is 28.5 Å². The lowest BCUT2D eigenvalue weighted by molar-refractivity contribution is 0.318. The van der Waals surface area contributed by atoms with Crippen molar-refractivity contribution in [3.8, 4) is 0 Å². The van der Waals surface area contributed by atoms with Crippen LogP contribution in [0.4, 0.5) is 0 Å². The summed E-state index contributed by atoms with van der Waals surface area (Å²) in [5, 5.41) is 16.6. The van der Waals surface area contributed by atoms with Gasteiger partial charge in [0.25, 0.3) is 0 Å². The van der Waals surface area contributed by atoms with Crippen LogP contribution < -0.4 is 5.73 Å². The summed E-state index contributed by atoms with van der Waals surface area (Å²) in [6.45, 7) is 0. The zero-order valence-corrected chi connectivity index (χ0v) is 11.0. The molecule has 18 heavy (non-hydrogen) atoms. The first-order valence-electron chi connectivity index (χ1n) is 4.90. The number of amidine groups is 1. The maximum atomic E-state index is 8.66. The molecule has 94 valence electrons. The number of nitrogens with two attached hydrogens (primary N) is 1. The Morgan fingerprint density at radius 2 is 2.39 bits per heavy atom. The minimum Gasteiger partial charge on any atom is -0.409 e. The molecule has 2 heterocycles. The predicted molar refractivity (Wildman–Crippen MR) is 69.1 cm³/mol. The van der Waals surface area contributed by atoms with Crippen LogP contribution in [0.2, 0.25) is 5.02 Å². The molecule has 8 heteroatoms. The second-order valence-corrected chi connectivity index (χ2v) is 4.85. The fraction of sp³-hybridized carbons (Fsp3) is 0.100. The van der Waals surface area contributed by atoms with Gasteiger partial charge in [-0.3, -0.25) is 4.68 Å². The Balaban J connectivity index is 2.34. The highest BCUT2D eigenvalue weighted by Gasteiger charge is 2.12. The van der Waals surface area contributed by atoms with E-state index in [9.17, 15) is 0 Å². The smallest absolute Gasteiger partial charge is 0.171 e. The van der Waals surface area contributed by atoms with Crippen LogP contribution in [0.15, 0.2) is 39.7 Å². The number of nitrogens with zero attached hydrogens (tertiary/aromatic N) is 4. The largest absolute Gasteiger partial charge is 0.409 e. The van der Waals surface area contributed by atoms with E-state index >= 15 is 0 Å². The van der Waals surface area contributed by atoms with Gasteiger partial charge in [0, 0.05) is 25.0 Å². The molecule has 0 spiro atoms. The summed E-state index contributed by atoms with van der Waals surface area (Å²) in [4.78, 5) is 5.07. The van der Waals surface area contributed by atoms with Gasteiger partial charge in [0.15, 0.2) is 5.84 Å². The number of hydrogen-bond donors (Lipinski definition) is 2. The fourth-order valence-electron chi connectivity index (χ4n) is 1.31. The zero-order valence-electron chi connectivity index (χ0n) is 9.41. The van der Waals surface area contributed by atoms with Crippen LogP contribution in [0.1, 0.15) is 5.56 Å². The molecule has 0 aliphatic heterocycles. The monoisotopic (exact) mass is 283 g/mol. The van der Waals surface area contributed by atoms with Crippen LogP contribution in [0.5, 0.6) is 0 Å². The average molecular weight is 284 g/mol. The van der Waals surface area contributed by atoms with Gasteiger partial charge in [-0.15, -0.1) is 0 Å². The molecule has 0 bridgehead atoms. The maximum Gasteiger partial charge on any atom is 0.171 e. The Labute approximate surface area is 112 Å². The highest BCUT2D eigenvalue weighted by atomic mass is 35.5. The molecule has 0 radical (unpaired) electrons. The average Bonchev–Trinajstić information content (AvgIpc) is 2.76. The van der Waals surface area contributed by atoms with E-state index in [4.69, 9.17) is 22.5 Å². The van der Waals surface area contributed by atoms with Crippen molar-refractivity contribution < 1.29 is 5.21 Å². The van der Waals surface area contributed by atoms with Crippen LogP contribution in [0.25, 0.3) is 0 Å². The lowest BCUT2D eigenvalue weighted by Gasteiger charge is -2.05. The molecule has 0 atom stereocenters. The normalized spacial score (nSPS) is 11.8. The summed E-state index contributed by atoms with van der Waals surface area (Å²) in [6.07, 6.45) is 5.11. The van der Waals surface area contributed by atoms with Crippen molar-refractivity contribution >= 4 is 29.2 Å². The number of oxime groups is 1. The zero-order chi connectivity index (χ0) is 13.1. The molecule has 0 fully saturated rings. The molecule has 0 saturated heterocycles. The predicted octanol–water partition coefficient (Wildman–Crippen LogP) is 1.71. The number of pyridine rings is 1. The van der Waals surface area contributed by atoms with Gasteiger partial charge in [-0.2, -0.15) is 5.10 Å². The quantitative estimate of drug-likeness (QED) is 0.387. The Bertz CT molecular complexity index is 598. The summed E-state index contributed by atoms with van der Waals surface area (Å²) < 4.78 is 1.68. The van der Waals surface area contributed by atoms with E-state index in [-0.39, 0.29) is 5.84 Å². The van der Waals surface area contributed by atoms with E-state index in [0.717, 1.165) is 4.90 Å². The standard InChI is InChI=1S/C10H10ClN5OS/c1-16-5-6(4-14-16)18-10-8(11)7(2-3-13-10)9(12)15-17/h2-5,17H,1H3,(H2,12,15). The van der Waals surface area contributed by atoms with Crippen LogP contribution >= 0.6 is 23.4 Å². The summed E-state index contributed by atoms with van der Waals surface area (Å²) in [5.74, 6) is -0.0459. The molecule has 2 rings (SSSR count). The van der Waals surface area contributed by atoms with Gasteiger partial charge >= 0.3 is 0 Å². The van der Waals surface area contributed by atoms with E-state index < -0.39 is 0 Å². The first-order chi connectivity index (χ1) is 8.61. The number of aryl methyl sites for hydroxylation is 1. The summed E-state index contributed by atoms with van der Waals surface area (Å²) in [6, 6.07) is 1.59. The van der Waals surface area contributed by atoms with Crippen molar-refractivity contribution in [1.29, 1.82) is 0 Å². The molecule has 2 aromatic rings. The third-order valence-electron chi connectivity index (χ3n) is 2.14. The molecular formula is C10H10ClN5OS. The molecule has 0 aliphatic carbocycles. The molecule has 6 nitrogen and oxygen atoms in total. The second-order valence-electron chi connectivity index (χ2n) is 3.41. The van der Waals surface area contributed by atoms with Crippen LogP contribution in [0, 0.1) is 0 Å². The van der Waals surface area contributed by atoms with Crippen molar-refractivity contribution in [3.63, 3.8) is 0 Å². The number of halogens is 1. The minimum absolute atomic E-state index is 0.0459. The van der Waals surface area contributed by atoms with Crippen molar-refractivity contribution in [2.75, 3.05) is 0 Å².